The van der Waals surface area contributed by atoms with E-state index in [4.69, 9.17) is 4.74 Å². The first-order valence-electron chi connectivity index (χ1n) is 9.34. The van der Waals surface area contributed by atoms with Gasteiger partial charge in [0.1, 0.15) is 5.01 Å². The molecule has 27 heavy (non-hydrogen) atoms. The van der Waals surface area contributed by atoms with Crippen LogP contribution in [0.3, 0.4) is 0 Å². The number of thiazole rings is 1. The van der Waals surface area contributed by atoms with Crippen LogP contribution in [0.4, 0.5) is 5.69 Å². The van der Waals surface area contributed by atoms with E-state index in [1.54, 1.807) is 23.5 Å². The quantitative estimate of drug-likeness (QED) is 0.799. The number of amides is 2. The molecule has 1 aromatic carbocycles. The molecule has 6 nitrogen and oxygen atoms in total. The van der Waals surface area contributed by atoms with Gasteiger partial charge in [-0.2, -0.15) is 0 Å². The highest BCUT2D eigenvalue weighted by Gasteiger charge is 2.57. The molecule has 1 aliphatic heterocycles. The number of benzene rings is 1. The van der Waals surface area contributed by atoms with Crippen molar-refractivity contribution in [2.24, 2.45) is 17.8 Å². The average Bonchev–Trinajstić information content (AvgIpc) is 3.38. The Bertz CT molecular complexity index is 892. The molecule has 2 heterocycles. The van der Waals surface area contributed by atoms with Crippen LogP contribution in [-0.4, -0.2) is 35.6 Å². The molecule has 2 saturated carbocycles. The molecule has 2 aromatic rings. The molecule has 0 spiro atoms. The number of hydrogen-bond acceptors (Lipinski definition) is 5. The van der Waals surface area contributed by atoms with Crippen LogP contribution in [0.5, 0.6) is 0 Å². The first-order chi connectivity index (χ1) is 13.1. The first kappa shape index (κ1) is 16.9. The lowest BCUT2D eigenvalue weighted by molar-refractivity contribution is -0.137. The Hall–Kier alpha value is -2.25. The van der Waals surface area contributed by atoms with Gasteiger partial charge in [0.25, 0.3) is 0 Å². The minimum absolute atomic E-state index is 0.0254. The molecule has 3 aliphatic rings. The molecule has 0 radical (unpaired) electrons. The summed E-state index contributed by atoms with van der Waals surface area (Å²) in [5.41, 5.74) is 2.57. The van der Waals surface area contributed by atoms with E-state index in [0.29, 0.717) is 23.4 Å². The zero-order valence-corrected chi connectivity index (χ0v) is 15.8. The van der Waals surface area contributed by atoms with Crippen LogP contribution in [0.2, 0.25) is 0 Å². The Balaban J connectivity index is 1.21. The number of hydrogen-bond donors (Lipinski definition) is 2. The van der Waals surface area contributed by atoms with Crippen molar-refractivity contribution in [1.82, 2.24) is 10.3 Å². The van der Waals surface area contributed by atoms with Crippen molar-refractivity contribution in [3.63, 3.8) is 0 Å². The molecule has 2 amide bonds. The molecule has 140 valence electrons. The molecule has 2 N–H and O–H groups in total. The SMILES string of the molecule is Cc1csc(-c2ccc(NC(=O)C(=O)NC3C4CC5COC3C5C4)cc2)n1. The van der Waals surface area contributed by atoms with Gasteiger partial charge in [-0.1, -0.05) is 0 Å². The molecule has 5 unspecified atom stereocenters. The maximum atomic E-state index is 12.4. The summed E-state index contributed by atoms with van der Waals surface area (Å²) in [4.78, 5) is 29.1. The van der Waals surface area contributed by atoms with E-state index in [9.17, 15) is 9.59 Å². The van der Waals surface area contributed by atoms with Crippen LogP contribution in [0, 0.1) is 24.7 Å². The number of carbonyl (C=O) groups excluding carboxylic acids is 2. The predicted octanol–water partition coefficient (Wildman–Crippen LogP) is 2.60. The number of aromatic nitrogens is 1. The molecule has 3 fully saturated rings. The van der Waals surface area contributed by atoms with E-state index >= 15 is 0 Å². The molecule has 5 rings (SSSR count). The molecular formula is C20H21N3O3S. The van der Waals surface area contributed by atoms with E-state index in [-0.39, 0.29) is 12.1 Å². The Morgan fingerprint density at radius 1 is 1.15 bits per heavy atom. The molecular weight excluding hydrogens is 362 g/mol. The summed E-state index contributed by atoms with van der Waals surface area (Å²) < 4.78 is 5.85. The minimum atomic E-state index is -0.634. The van der Waals surface area contributed by atoms with Gasteiger partial charge in [-0.15, -0.1) is 11.3 Å². The second-order valence-corrected chi connectivity index (χ2v) is 8.64. The number of nitrogens with zero attached hydrogens (tertiary/aromatic N) is 1. The summed E-state index contributed by atoms with van der Waals surface area (Å²) in [6.45, 7) is 2.76. The maximum Gasteiger partial charge on any atom is 0.313 e. The van der Waals surface area contributed by atoms with Gasteiger partial charge in [-0.25, -0.2) is 4.98 Å². The van der Waals surface area contributed by atoms with E-state index < -0.39 is 11.8 Å². The third-order valence-electron chi connectivity index (χ3n) is 6.09. The number of carbonyl (C=O) groups is 2. The van der Waals surface area contributed by atoms with Crippen LogP contribution in [0.1, 0.15) is 18.5 Å². The van der Waals surface area contributed by atoms with E-state index in [0.717, 1.165) is 35.7 Å². The standard InChI is InChI=1S/C20H21N3O3S/c1-10-9-27-20(21-10)11-2-4-14(5-3-11)22-18(24)19(25)23-16-12-6-13-8-26-17(16)15(13)7-12/h2-5,9,12-13,15-17H,6-8H2,1H3,(H,22,24)(H,23,25). The summed E-state index contributed by atoms with van der Waals surface area (Å²) in [5, 5.41) is 8.53. The summed E-state index contributed by atoms with van der Waals surface area (Å²) in [6.07, 6.45) is 2.30. The maximum absolute atomic E-state index is 12.4. The summed E-state index contributed by atoms with van der Waals surface area (Å²) in [5.74, 6) is 0.446. The highest BCUT2D eigenvalue weighted by atomic mass is 32.1. The van der Waals surface area contributed by atoms with Crippen molar-refractivity contribution in [2.45, 2.75) is 31.9 Å². The van der Waals surface area contributed by atoms with Gasteiger partial charge in [0.2, 0.25) is 0 Å². The van der Waals surface area contributed by atoms with Gasteiger partial charge in [0, 0.05) is 22.3 Å². The number of fused-ring (bicyclic) bond motifs is 1. The Morgan fingerprint density at radius 3 is 2.70 bits per heavy atom. The number of nitrogens with one attached hydrogen (secondary N) is 2. The van der Waals surface area contributed by atoms with E-state index in [1.165, 1.54) is 0 Å². The summed E-state index contributed by atoms with van der Waals surface area (Å²) >= 11 is 1.58. The second-order valence-electron chi connectivity index (χ2n) is 7.78. The topological polar surface area (TPSA) is 80.3 Å². The van der Waals surface area contributed by atoms with Gasteiger partial charge >= 0.3 is 11.8 Å². The number of rotatable bonds is 3. The summed E-state index contributed by atoms with van der Waals surface area (Å²) in [6, 6.07) is 7.35. The molecule has 2 aliphatic carbocycles. The van der Waals surface area contributed by atoms with Crippen molar-refractivity contribution >= 4 is 28.8 Å². The Morgan fingerprint density at radius 2 is 1.96 bits per heavy atom. The van der Waals surface area contributed by atoms with E-state index in [1.807, 2.05) is 24.4 Å². The normalized spacial score (nSPS) is 30.5. The molecule has 7 heteroatoms. The van der Waals surface area contributed by atoms with Gasteiger partial charge in [0.05, 0.1) is 18.8 Å². The van der Waals surface area contributed by atoms with Crippen LogP contribution >= 0.6 is 11.3 Å². The van der Waals surface area contributed by atoms with Gasteiger partial charge in [-0.3, -0.25) is 9.59 Å². The fourth-order valence-corrected chi connectivity index (χ4v) is 5.68. The van der Waals surface area contributed by atoms with Crippen molar-refractivity contribution < 1.29 is 14.3 Å². The number of ether oxygens (including phenoxy) is 1. The third kappa shape index (κ3) is 2.95. The van der Waals surface area contributed by atoms with Crippen molar-refractivity contribution in [1.29, 1.82) is 0 Å². The average molecular weight is 383 g/mol. The van der Waals surface area contributed by atoms with Gasteiger partial charge in [0.15, 0.2) is 0 Å². The monoisotopic (exact) mass is 383 g/mol. The first-order valence-corrected chi connectivity index (χ1v) is 10.2. The molecule has 2 bridgehead atoms. The number of aryl methyl sites for hydroxylation is 1. The van der Waals surface area contributed by atoms with E-state index in [2.05, 4.69) is 15.6 Å². The van der Waals surface area contributed by atoms with Crippen LogP contribution in [0.25, 0.3) is 10.6 Å². The zero-order chi connectivity index (χ0) is 18.5. The lowest BCUT2D eigenvalue weighted by atomic mass is 9.87. The lowest BCUT2D eigenvalue weighted by Crippen LogP contribution is -2.49. The third-order valence-corrected chi connectivity index (χ3v) is 7.09. The Kier molecular flexibility index (Phi) is 4.02. The minimum Gasteiger partial charge on any atom is -0.375 e. The van der Waals surface area contributed by atoms with Gasteiger partial charge in [-0.05, 0) is 61.8 Å². The molecule has 1 aromatic heterocycles. The van der Waals surface area contributed by atoms with Crippen LogP contribution < -0.4 is 10.6 Å². The fourth-order valence-electron chi connectivity index (χ4n) is 4.87. The smallest absolute Gasteiger partial charge is 0.313 e. The van der Waals surface area contributed by atoms with Crippen LogP contribution in [0.15, 0.2) is 29.6 Å². The van der Waals surface area contributed by atoms with Crippen molar-refractivity contribution in [3.8, 4) is 10.6 Å². The largest absolute Gasteiger partial charge is 0.375 e. The zero-order valence-electron chi connectivity index (χ0n) is 15.0. The molecule has 1 saturated heterocycles. The Labute approximate surface area is 161 Å². The highest BCUT2D eigenvalue weighted by molar-refractivity contribution is 7.13. The number of anilines is 1. The highest BCUT2D eigenvalue weighted by Crippen LogP contribution is 2.53. The predicted molar refractivity (Wildman–Crippen MR) is 102 cm³/mol. The van der Waals surface area contributed by atoms with Crippen molar-refractivity contribution in [2.75, 3.05) is 11.9 Å². The lowest BCUT2D eigenvalue weighted by Gasteiger charge is -2.27. The van der Waals surface area contributed by atoms with Crippen molar-refractivity contribution in [3.05, 3.63) is 35.3 Å². The van der Waals surface area contributed by atoms with Gasteiger partial charge < -0.3 is 15.4 Å². The van der Waals surface area contributed by atoms with Crippen LogP contribution in [-0.2, 0) is 14.3 Å². The molecule has 5 atom stereocenters. The summed E-state index contributed by atoms with van der Waals surface area (Å²) in [7, 11) is 0. The second kappa shape index (κ2) is 6.42. The fraction of sp³-hybridized carbons (Fsp3) is 0.450.